The quantitative estimate of drug-likeness (QED) is 0.351. The lowest BCUT2D eigenvalue weighted by molar-refractivity contribution is 0.203. The lowest BCUT2D eigenvalue weighted by Gasteiger charge is -2.35. The smallest absolute Gasteiger partial charge is 0.322 e. The third kappa shape index (κ3) is 4.65. The summed E-state index contributed by atoms with van der Waals surface area (Å²) in [6, 6.07) is 17.9. The van der Waals surface area contributed by atoms with Crippen LogP contribution < -0.4 is 5.32 Å². The van der Waals surface area contributed by atoms with E-state index in [0.717, 1.165) is 5.56 Å². The van der Waals surface area contributed by atoms with Crippen molar-refractivity contribution in [3.05, 3.63) is 112 Å². The molecule has 3 aromatic carbocycles. The molecule has 1 aliphatic rings. The zero-order valence-electron chi connectivity index (χ0n) is 18.5. The number of carbonyl (C=O) groups is 1. The van der Waals surface area contributed by atoms with E-state index < -0.39 is 17.7 Å². The Balaban J connectivity index is 1.60. The average molecular weight is 493 g/mol. The fourth-order valence-electron chi connectivity index (χ4n) is 4.05. The molecular formula is C26H19ClF2N4O2. The van der Waals surface area contributed by atoms with Gasteiger partial charge in [0.2, 0.25) is 5.82 Å². The molecule has 2 amide bonds. The van der Waals surface area contributed by atoms with Crippen LogP contribution in [0.1, 0.15) is 30.0 Å². The molecule has 0 aliphatic carbocycles. The number of hydrogen-bond acceptors (Lipinski definition) is 4. The van der Waals surface area contributed by atoms with Gasteiger partial charge >= 0.3 is 6.03 Å². The number of hydrogen-bond donors (Lipinski definition) is 1. The first-order chi connectivity index (χ1) is 16.9. The van der Waals surface area contributed by atoms with E-state index >= 15 is 0 Å². The first-order valence-electron chi connectivity index (χ1n) is 10.8. The van der Waals surface area contributed by atoms with Crippen molar-refractivity contribution in [1.82, 2.24) is 20.4 Å². The van der Waals surface area contributed by atoms with Crippen LogP contribution in [0.3, 0.4) is 0 Å². The Morgan fingerprint density at radius 2 is 1.80 bits per heavy atom. The minimum absolute atomic E-state index is 0.159. The molecule has 9 heteroatoms. The first kappa shape index (κ1) is 22.7. The first-order valence-corrected chi connectivity index (χ1v) is 11.2. The average Bonchev–Trinajstić information content (AvgIpc) is 3.32. The van der Waals surface area contributed by atoms with Crippen molar-refractivity contribution in [2.24, 2.45) is 0 Å². The zero-order chi connectivity index (χ0) is 24.5. The lowest BCUT2D eigenvalue weighted by atomic mass is 9.94. The number of urea groups is 1. The number of allylic oxidation sites excluding steroid dienone is 1. The molecule has 176 valence electrons. The predicted molar refractivity (Wildman–Crippen MR) is 127 cm³/mol. The van der Waals surface area contributed by atoms with E-state index in [2.05, 4.69) is 15.5 Å². The third-order valence-corrected chi connectivity index (χ3v) is 6.00. The monoisotopic (exact) mass is 492 g/mol. The van der Waals surface area contributed by atoms with E-state index in [4.69, 9.17) is 16.1 Å². The van der Waals surface area contributed by atoms with Crippen molar-refractivity contribution in [2.75, 3.05) is 0 Å². The van der Waals surface area contributed by atoms with Crippen LogP contribution in [0, 0.1) is 11.6 Å². The molecule has 0 bridgehead atoms. The van der Waals surface area contributed by atoms with Gasteiger partial charge in [-0.1, -0.05) is 53.2 Å². The number of nitrogens with one attached hydrogen (secondary N) is 1. The van der Waals surface area contributed by atoms with E-state index in [0.29, 0.717) is 27.4 Å². The van der Waals surface area contributed by atoms with Gasteiger partial charge in [0.15, 0.2) is 0 Å². The van der Waals surface area contributed by atoms with Crippen molar-refractivity contribution >= 4 is 23.2 Å². The van der Waals surface area contributed by atoms with Gasteiger partial charge in [0.1, 0.15) is 11.6 Å². The van der Waals surface area contributed by atoms with Crippen LogP contribution in [0.4, 0.5) is 13.6 Å². The van der Waals surface area contributed by atoms with Crippen molar-refractivity contribution in [1.29, 1.82) is 0 Å². The van der Waals surface area contributed by atoms with Crippen LogP contribution in [0.2, 0.25) is 5.02 Å². The number of aromatic nitrogens is 2. The highest BCUT2D eigenvalue weighted by Gasteiger charge is 2.35. The van der Waals surface area contributed by atoms with E-state index in [1.54, 1.807) is 48.2 Å². The van der Waals surface area contributed by atoms with Crippen LogP contribution in [0.15, 0.2) is 83.0 Å². The molecule has 1 unspecified atom stereocenters. The Hall–Kier alpha value is -4.04. The molecule has 1 N–H and O–H groups in total. The van der Waals surface area contributed by atoms with Crippen LogP contribution in [0.25, 0.3) is 17.0 Å². The Labute approximate surface area is 204 Å². The summed E-state index contributed by atoms with van der Waals surface area (Å²) in [4.78, 5) is 19.2. The molecule has 0 radical (unpaired) electrons. The van der Waals surface area contributed by atoms with Gasteiger partial charge in [0.05, 0.1) is 18.2 Å². The molecule has 1 aromatic heterocycles. The Bertz CT molecular complexity index is 1440. The summed E-state index contributed by atoms with van der Waals surface area (Å²) in [7, 11) is 0. The second-order valence-electron chi connectivity index (χ2n) is 8.08. The number of rotatable bonds is 5. The van der Waals surface area contributed by atoms with Gasteiger partial charge in [0.25, 0.3) is 5.89 Å². The van der Waals surface area contributed by atoms with Gasteiger partial charge in [-0.2, -0.15) is 4.98 Å². The summed E-state index contributed by atoms with van der Waals surface area (Å²) in [5.74, 6) is -0.457. The lowest BCUT2D eigenvalue weighted by Crippen LogP contribution is -2.45. The normalized spacial score (nSPS) is 15.9. The molecule has 0 fully saturated rings. The minimum atomic E-state index is -0.667. The summed E-state index contributed by atoms with van der Waals surface area (Å²) >= 11 is 6.13. The highest BCUT2D eigenvalue weighted by atomic mass is 35.5. The van der Waals surface area contributed by atoms with Gasteiger partial charge in [-0.25, -0.2) is 13.6 Å². The van der Waals surface area contributed by atoms with E-state index in [9.17, 15) is 13.6 Å². The summed E-state index contributed by atoms with van der Waals surface area (Å²) in [5.41, 5.74) is 3.05. The molecule has 2 heterocycles. The second-order valence-corrected chi connectivity index (χ2v) is 8.52. The SMILES string of the molecule is CC1=C(c2nc(-c3cccc(F)c3)no2)C(c2ccc(F)cc2)NC(=O)N1Cc1cccc(Cl)c1. The van der Waals surface area contributed by atoms with Gasteiger partial charge in [-0.15, -0.1) is 0 Å². The Morgan fingerprint density at radius 1 is 1.03 bits per heavy atom. The number of amides is 2. The molecular weight excluding hydrogens is 474 g/mol. The van der Waals surface area contributed by atoms with E-state index in [1.165, 1.54) is 24.3 Å². The van der Waals surface area contributed by atoms with Gasteiger partial charge < -0.3 is 9.84 Å². The number of halogens is 3. The molecule has 1 atom stereocenters. The third-order valence-electron chi connectivity index (χ3n) is 5.77. The predicted octanol–water partition coefficient (Wildman–Crippen LogP) is 6.37. The standard InChI is InChI=1S/C26H19ClF2N4O2/c1-15-22(25-31-24(32-35-25)18-5-3-7-21(29)13-18)23(17-8-10-20(28)11-9-17)30-26(34)33(15)14-16-4-2-6-19(27)12-16/h2-13,23H,14H2,1H3,(H,30,34). The molecule has 0 saturated heterocycles. The topological polar surface area (TPSA) is 71.3 Å². The molecule has 6 nitrogen and oxygen atoms in total. The maximum Gasteiger partial charge on any atom is 0.322 e. The maximum absolute atomic E-state index is 13.7. The molecule has 0 saturated carbocycles. The van der Waals surface area contributed by atoms with Crippen molar-refractivity contribution in [3.8, 4) is 11.4 Å². The zero-order valence-corrected chi connectivity index (χ0v) is 19.3. The van der Waals surface area contributed by atoms with Crippen molar-refractivity contribution in [2.45, 2.75) is 19.5 Å². The van der Waals surface area contributed by atoms with Crippen LogP contribution in [-0.4, -0.2) is 21.1 Å². The molecule has 5 rings (SSSR count). The number of carbonyl (C=O) groups excluding carboxylic acids is 1. The van der Waals surface area contributed by atoms with Crippen molar-refractivity contribution in [3.63, 3.8) is 0 Å². The number of benzene rings is 3. The van der Waals surface area contributed by atoms with Crippen molar-refractivity contribution < 1.29 is 18.1 Å². The molecule has 4 aromatic rings. The van der Waals surface area contributed by atoms with Crippen LogP contribution in [-0.2, 0) is 6.54 Å². The fraction of sp³-hybridized carbons (Fsp3) is 0.115. The van der Waals surface area contributed by atoms with Gasteiger partial charge in [-0.3, -0.25) is 4.90 Å². The van der Waals surface area contributed by atoms with Crippen LogP contribution in [0.5, 0.6) is 0 Å². The molecule has 0 spiro atoms. The summed E-state index contributed by atoms with van der Waals surface area (Å²) in [6.45, 7) is 2.03. The minimum Gasteiger partial charge on any atom is -0.334 e. The van der Waals surface area contributed by atoms with Gasteiger partial charge in [-0.05, 0) is 54.4 Å². The van der Waals surface area contributed by atoms with Crippen LogP contribution >= 0.6 is 11.6 Å². The Kier molecular flexibility index (Phi) is 6.05. The highest BCUT2D eigenvalue weighted by Crippen LogP contribution is 2.38. The summed E-state index contributed by atoms with van der Waals surface area (Å²) < 4.78 is 32.9. The summed E-state index contributed by atoms with van der Waals surface area (Å²) in [5, 5.41) is 7.54. The molecule has 1 aliphatic heterocycles. The second kappa shape index (κ2) is 9.31. The van der Waals surface area contributed by atoms with Gasteiger partial charge in [0, 0.05) is 16.3 Å². The largest absolute Gasteiger partial charge is 0.334 e. The number of nitrogens with zero attached hydrogens (tertiary/aromatic N) is 3. The summed E-state index contributed by atoms with van der Waals surface area (Å²) in [6.07, 6.45) is 0. The van der Waals surface area contributed by atoms with E-state index in [1.807, 2.05) is 12.1 Å². The maximum atomic E-state index is 13.7. The molecule has 35 heavy (non-hydrogen) atoms. The van der Waals surface area contributed by atoms with E-state index in [-0.39, 0.29) is 24.3 Å². The fourth-order valence-corrected chi connectivity index (χ4v) is 4.26. The highest BCUT2D eigenvalue weighted by molar-refractivity contribution is 6.30. The Morgan fingerprint density at radius 3 is 2.54 bits per heavy atom.